The molecule has 1 fully saturated rings. The molecule has 1 aliphatic rings. The summed E-state index contributed by atoms with van der Waals surface area (Å²) in [5.41, 5.74) is 3.33. The van der Waals surface area contributed by atoms with Crippen LogP contribution in [-0.2, 0) is 9.53 Å². The van der Waals surface area contributed by atoms with Gasteiger partial charge in [-0.05, 0) is 35.9 Å². The van der Waals surface area contributed by atoms with Gasteiger partial charge in [-0.1, -0.05) is 12.1 Å². The Hall–Kier alpha value is -3.82. The number of nitrogens with one attached hydrogen (secondary N) is 2. The van der Waals surface area contributed by atoms with Crippen LogP contribution in [0.5, 0.6) is 5.75 Å². The smallest absolute Gasteiger partial charge is 0.255 e. The lowest BCUT2D eigenvalue weighted by molar-refractivity contribution is -0.118. The first-order valence-corrected chi connectivity index (χ1v) is 10.6. The molecule has 1 aliphatic heterocycles. The van der Waals surface area contributed by atoms with Crippen LogP contribution in [0.1, 0.15) is 10.4 Å². The third-order valence-corrected chi connectivity index (χ3v) is 5.24. The molecule has 1 aromatic heterocycles. The van der Waals surface area contributed by atoms with Crippen molar-refractivity contribution in [3.8, 4) is 16.9 Å². The average molecular weight is 447 g/mol. The highest BCUT2D eigenvalue weighted by Crippen LogP contribution is 2.28. The van der Waals surface area contributed by atoms with E-state index in [1.54, 1.807) is 42.7 Å². The van der Waals surface area contributed by atoms with E-state index >= 15 is 0 Å². The Morgan fingerprint density at radius 3 is 2.42 bits per heavy atom. The minimum Gasteiger partial charge on any atom is -0.495 e. The van der Waals surface area contributed by atoms with Gasteiger partial charge in [-0.2, -0.15) is 0 Å². The van der Waals surface area contributed by atoms with Crippen molar-refractivity contribution < 1.29 is 19.1 Å². The van der Waals surface area contributed by atoms with Gasteiger partial charge >= 0.3 is 0 Å². The van der Waals surface area contributed by atoms with Crippen LogP contribution in [0.2, 0.25) is 0 Å². The molecule has 4 rings (SSSR count). The van der Waals surface area contributed by atoms with Gasteiger partial charge in [0.25, 0.3) is 5.91 Å². The van der Waals surface area contributed by atoms with Crippen LogP contribution in [0.4, 0.5) is 11.4 Å². The van der Waals surface area contributed by atoms with E-state index in [4.69, 9.17) is 9.47 Å². The zero-order chi connectivity index (χ0) is 23.0. The number of nitrogens with zero attached hydrogens (tertiary/aromatic N) is 3. The molecule has 0 aliphatic carbocycles. The van der Waals surface area contributed by atoms with Gasteiger partial charge in [-0.3, -0.25) is 14.5 Å². The highest BCUT2D eigenvalue weighted by Gasteiger charge is 2.16. The highest BCUT2D eigenvalue weighted by molar-refractivity contribution is 6.05. The number of carbonyl (C=O) groups is 2. The summed E-state index contributed by atoms with van der Waals surface area (Å²) in [6, 6.07) is 12.3. The molecule has 2 N–H and O–H groups in total. The lowest BCUT2D eigenvalue weighted by Gasteiger charge is -2.26. The van der Waals surface area contributed by atoms with Crippen LogP contribution < -0.4 is 15.4 Å². The zero-order valence-electron chi connectivity index (χ0n) is 18.3. The number of carbonyl (C=O) groups excluding carboxylic acids is 2. The van der Waals surface area contributed by atoms with Gasteiger partial charge < -0.3 is 20.1 Å². The third kappa shape index (κ3) is 5.91. The summed E-state index contributed by atoms with van der Waals surface area (Å²) in [4.78, 5) is 35.3. The number of amides is 2. The minimum absolute atomic E-state index is 0.154. The molecular weight excluding hydrogens is 422 g/mol. The molecule has 3 aromatic rings. The van der Waals surface area contributed by atoms with Crippen LogP contribution in [0, 0.1) is 0 Å². The molecule has 9 nitrogen and oxygen atoms in total. The van der Waals surface area contributed by atoms with Crippen LogP contribution in [-0.4, -0.2) is 66.6 Å². The monoisotopic (exact) mass is 447 g/mol. The molecule has 0 radical (unpaired) electrons. The Kier molecular flexibility index (Phi) is 7.23. The maximum atomic E-state index is 12.7. The second-order valence-electron chi connectivity index (χ2n) is 7.51. The fourth-order valence-electron chi connectivity index (χ4n) is 3.50. The molecule has 2 aromatic carbocycles. The van der Waals surface area contributed by atoms with Crippen molar-refractivity contribution in [2.75, 3.05) is 50.6 Å². The van der Waals surface area contributed by atoms with E-state index in [1.165, 1.54) is 13.4 Å². The first-order chi connectivity index (χ1) is 16.1. The van der Waals surface area contributed by atoms with Gasteiger partial charge in [0.05, 0.1) is 32.6 Å². The van der Waals surface area contributed by atoms with Crippen molar-refractivity contribution in [3.63, 3.8) is 0 Å². The molecular formula is C24H25N5O4. The number of morpholine rings is 1. The van der Waals surface area contributed by atoms with Crippen molar-refractivity contribution in [1.29, 1.82) is 0 Å². The van der Waals surface area contributed by atoms with Gasteiger partial charge in [-0.25, -0.2) is 9.97 Å². The van der Waals surface area contributed by atoms with Gasteiger partial charge in [0.15, 0.2) is 0 Å². The quantitative estimate of drug-likeness (QED) is 0.574. The van der Waals surface area contributed by atoms with Crippen molar-refractivity contribution in [2.45, 2.75) is 0 Å². The largest absolute Gasteiger partial charge is 0.495 e. The predicted molar refractivity (Wildman–Crippen MR) is 124 cm³/mol. The van der Waals surface area contributed by atoms with E-state index in [9.17, 15) is 9.59 Å². The Labute approximate surface area is 191 Å². The lowest BCUT2D eigenvalue weighted by atomic mass is 10.1. The fourth-order valence-corrected chi connectivity index (χ4v) is 3.50. The number of hydrogen-bond donors (Lipinski definition) is 2. The lowest BCUT2D eigenvalue weighted by Crippen LogP contribution is -2.41. The summed E-state index contributed by atoms with van der Waals surface area (Å²) >= 11 is 0. The Morgan fingerprint density at radius 2 is 1.73 bits per heavy atom. The summed E-state index contributed by atoms with van der Waals surface area (Å²) < 4.78 is 10.7. The first kappa shape index (κ1) is 22.4. The predicted octanol–water partition coefficient (Wildman–Crippen LogP) is 2.68. The van der Waals surface area contributed by atoms with Crippen LogP contribution in [0.15, 0.2) is 61.2 Å². The number of rotatable bonds is 7. The number of methoxy groups -OCH3 is 1. The van der Waals surface area contributed by atoms with Gasteiger partial charge in [0, 0.05) is 42.3 Å². The van der Waals surface area contributed by atoms with Crippen molar-refractivity contribution in [3.05, 3.63) is 66.7 Å². The minimum atomic E-state index is -0.262. The summed E-state index contributed by atoms with van der Waals surface area (Å²) in [6.07, 6.45) is 4.90. The van der Waals surface area contributed by atoms with Gasteiger partial charge in [-0.15, -0.1) is 0 Å². The fraction of sp³-hybridized carbons (Fsp3) is 0.250. The van der Waals surface area contributed by atoms with E-state index < -0.39 is 0 Å². The van der Waals surface area contributed by atoms with E-state index in [0.29, 0.717) is 35.9 Å². The van der Waals surface area contributed by atoms with E-state index in [0.717, 1.165) is 24.2 Å². The highest BCUT2D eigenvalue weighted by atomic mass is 16.5. The molecule has 9 heteroatoms. The van der Waals surface area contributed by atoms with Gasteiger partial charge in [0.1, 0.15) is 12.1 Å². The SMILES string of the molecule is COc1ccc(NC(=O)c2ccc(-c3cncnc3)cc2)cc1NC(=O)CN1CCOCC1. The standard InChI is InChI=1S/C24H25N5O4/c1-32-22-7-6-20(12-21(22)28-23(30)15-29-8-10-33-11-9-29)27-24(31)18-4-2-17(3-5-18)19-13-25-16-26-14-19/h2-7,12-14,16H,8-11,15H2,1H3,(H,27,31)(H,28,30). The maximum absolute atomic E-state index is 12.7. The normalized spacial score (nSPS) is 13.8. The molecule has 0 atom stereocenters. The third-order valence-electron chi connectivity index (χ3n) is 5.24. The summed E-state index contributed by atoms with van der Waals surface area (Å²) in [6.45, 7) is 2.95. The average Bonchev–Trinajstić information content (AvgIpc) is 2.85. The molecule has 0 spiro atoms. The Balaban J connectivity index is 1.42. The number of aromatic nitrogens is 2. The number of anilines is 2. The van der Waals surface area contributed by atoms with Crippen LogP contribution >= 0.6 is 0 Å². The van der Waals surface area contributed by atoms with Crippen molar-refractivity contribution in [1.82, 2.24) is 14.9 Å². The molecule has 0 bridgehead atoms. The molecule has 170 valence electrons. The topological polar surface area (TPSA) is 106 Å². The molecule has 2 heterocycles. The first-order valence-electron chi connectivity index (χ1n) is 10.6. The molecule has 33 heavy (non-hydrogen) atoms. The Morgan fingerprint density at radius 1 is 1.00 bits per heavy atom. The molecule has 2 amide bonds. The molecule has 0 unspecified atom stereocenters. The number of hydrogen-bond acceptors (Lipinski definition) is 7. The molecule has 0 saturated carbocycles. The maximum Gasteiger partial charge on any atom is 0.255 e. The van der Waals surface area contributed by atoms with Crippen LogP contribution in [0.3, 0.4) is 0 Å². The zero-order valence-corrected chi connectivity index (χ0v) is 18.3. The summed E-state index contributed by atoms with van der Waals surface area (Å²) in [5, 5.41) is 5.74. The Bertz CT molecular complexity index is 1100. The number of benzene rings is 2. The van der Waals surface area contributed by atoms with E-state index in [-0.39, 0.29) is 18.4 Å². The second kappa shape index (κ2) is 10.7. The summed E-state index contributed by atoms with van der Waals surface area (Å²) in [5.74, 6) is 0.0959. The van der Waals surface area contributed by atoms with Crippen molar-refractivity contribution >= 4 is 23.2 Å². The van der Waals surface area contributed by atoms with E-state index in [1.807, 2.05) is 17.0 Å². The second-order valence-corrected chi connectivity index (χ2v) is 7.51. The van der Waals surface area contributed by atoms with Crippen molar-refractivity contribution in [2.24, 2.45) is 0 Å². The summed E-state index contributed by atoms with van der Waals surface area (Å²) in [7, 11) is 1.53. The molecule has 1 saturated heterocycles. The van der Waals surface area contributed by atoms with Crippen LogP contribution in [0.25, 0.3) is 11.1 Å². The van der Waals surface area contributed by atoms with E-state index in [2.05, 4.69) is 20.6 Å². The van der Waals surface area contributed by atoms with Gasteiger partial charge in [0.2, 0.25) is 5.91 Å². The number of ether oxygens (including phenoxy) is 2.